The molecule has 0 amide bonds. The number of hydrogen-bond donors (Lipinski definition) is 0. The fraction of sp³-hybridized carbons (Fsp3) is 0. The number of hydrogen-bond acceptors (Lipinski definition) is 1. The molecule has 0 aliphatic heterocycles. The third-order valence-electron chi connectivity index (χ3n) is 2.00. The highest BCUT2D eigenvalue weighted by molar-refractivity contribution is 5.63. The smallest absolute Gasteiger partial charge is 0.0991 e. The Kier molecular flexibility index (Phi) is 2.29. The topological polar surface area (TPSA) is 23.8 Å². The molecule has 2 aromatic rings. The van der Waals surface area contributed by atoms with Crippen LogP contribution in [0.5, 0.6) is 0 Å². The van der Waals surface area contributed by atoms with Crippen LogP contribution in [0.15, 0.2) is 42.5 Å². The van der Waals surface area contributed by atoms with Gasteiger partial charge < -0.3 is 0 Å². The average Bonchev–Trinajstić information content (AvgIpc) is 2.30. The highest BCUT2D eigenvalue weighted by atomic mass is 14.2. The number of nitriles is 1. The van der Waals surface area contributed by atoms with Crippen molar-refractivity contribution in [1.82, 2.24) is 0 Å². The van der Waals surface area contributed by atoms with Crippen molar-refractivity contribution in [2.75, 3.05) is 0 Å². The van der Waals surface area contributed by atoms with Crippen LogP contribution < -0.4 is 0 Å². The second-order valence-corrected chi connectivity index (χ2v) is 2.91. The zero-order valence-corrected chi connectivity index (χ0v) is 7.49. The van der Waals surface area contributed by atoms with Gasteiger partial charge in [-0.15, -0.1) is 0 Å². The lowest BCUT2D eigenvalue weighted by atomic mass is 10.0. The first-order chi connectivity index (χ1) is 6.90. The standard InChI is InChI=1S/C13H7N/c14-10-11-6-8-13(9-7-11)12-4-2-1-3-5-12/h2,4-9H. The van der Waals surface area contributed by atoms with Crippen molar-refractivity contribution in [3.05, 3.63) is 60.2 Å². The van der Waals surface area contributed by atoms with E-state index >= 15 is 0 Å². The van der Waals surface area contributed by atoms with E-state index in [2.05, 4.69) is 18.2 Å². The minimum Gasteiger partial charge on any atom is -0.192 e. The first kappa shape index (κ1) is 8.52. The molecule has 0 spiro atoms. The molecule has 2 radical (unpaired) electrons. The predicted octanol–water partition coefficient (Wildman–Crippen LogP) is 2.83. The minimum absolute atomic E-state index is 0.681. The Labute approximate surface area is 83.2 Å². The SMILES string of the molecule is N#Cc1ccc(-c2c[c][c]cc2)cc1. The highest BCUT2D eigenvalue weighted by Gasteiger charge is 1.95. The molecular formula is C13H7N. The molecule has 0 bridgehead atoms. The number of benzene rings is 2. The lowest BCUT2D eigenvalue weighted by Gasteiger charge is -1.99. The van der Waals surface area contributed by atoms with E-state index in [1.807, 2.05) is 42.5 Å². The Bertz CT molecular complexity index is 449. The summed E-state index contributed by atoms with van der Waals surface area (Å²) < 4.78 is 0. The van der Waals surface area contributed by atoms with E-state index < -0.39 is 0 Å². The summed E-state index contributed by atoms with van der Waals surface area (Å²) in [6.45, 7) is 0. The van der Waals surface area contributed by atoms with Gasteiger partial charge in [0.15, 0.2) is 0 Å². The maximum Gasteiger partial charge on any atom is 0.0991 e. The molecule has 1 heteroatoms. The van der Waals surface area contributed by atoms with Gasteiger partial charge in [-0.2, -0.15) is 5.26 Å². The van der Waals surface area contributed by atoms with Crippen molar-refractivity contribution in [2.45, 2.75) is 0 Å². The highest BCUT2D eigenvalue weighted by Crippen LogP contribution is 2.18. The van der Waals surface area contributed by atoms with E-state index in [0.717, 1.165) is 11.1 Å². The Balaban J connectivity index is 2.40. The van der Waals surface area contributed by atoms with Gasteiger partial charge in [0.2, 0.25) is 0 Å². The van der Waals surface area contributed by atoms with Crippen molar-refractivity contribution in [1.29, 1.82) is 5.26 Å². The molecule has 2 rings (SSSR count). The largest absolute Gasteiger partial charge is 0.192 e. The molecule has 2 aromatic carbocycles. The van der Waals surface area contributed by atoms with Crippen LogP contribution in [0.4, 0.5) is 0 Å². The van der Waals surface area contributed by atoms with E-state index in [0.29, 0.717) is 5.56 Å². The average molecular weight is 177 g/mol. The van der Waals surface area contributed by atoms with Gasteiger partial charge in [0.05, 0.1) is 11.6 Å². The van der Waals surface area contributed by atoms with Gasteiger partial charge >= 0.3 is 0 Å². The van der Waals surface area contributed by atoms with Crippen LogP contribution in [0.1, 0.15) is 5.56 Å². The second kappa shape index (κ2) is 3.76. The fourth-order valence-corrected chi connectivity index (χ4v) is 1.26. The summed E-state index contributed by atoms with van der Waals surface area (Å²) in [4.78, 5) is 0. The van der Waals surface area contributed by atoms with Gasteiger partial charge in [0, 0.05) is 0 Å². The van der Waals surface area contributed by atoms with Gasteiger partial charge in [-0.1, -0.05) is 24.3 Å². The monoisotopic (exact) mass is 177 g/mol. The Morgan fingerprint density at radius 1 is 0.929 bits per heavy atom. The lowest BCUT2D eigenvalue weighted by molar-refractivity contribution is 1.48. The second-order valence-electron chi connectivity index (χ2n) is 2.91. The molecule has 0 N–H and O–H groups in total. The van der Waals surface area contributed by atoms with Crippen molar-refractivity contribution < 1.29 is 0 Å². The lowest BCUT2D eigenvalue weighted by Crippen LogP contribution is -1.78. The quantitative estimate of drug-likeness (QED) is 0.657. The van der Waals surface area contributed by atoms with Crippen molar-refractivity contribution >= 4 is 0 Å². The van der Waals surface area contributed by atoms with Crippen LogP contribution in [0.3, 0.4) is 0 Å². The molecule has 1 nitrogen and oxygen atoms in total. The molecular weight excluding hydrogens is 170 g/mol. The molecule has 0 fully saturated rings. The Hall–Kier alpha value is -2.07. The zero-order valence-electron chi connectivity index (χ0n) is 7.49. The summed E-state index contributed by atoms with van der Waals surface area (Å²) >= 11 is 0. The molecule has 0 saturated carbocycles. The third kappa shape index (κ3) is 1.65. The van der Waals surface area contributed by atoms with Crippen LogP contribution in [0.2, 0.25) is 0 Å². The first-order valence-electron chi connectivity index (χ1n) is 4.28. The molecule has 0 heterocycles. The summed E-state index contributed by atoms with van der Waals surface area (Å²) in [7, 11) is 0. The van der Waals surface area contributed by atoms with E-state index in [9.17, 15) is 0 Å². The van der Waals surface area contributed by atoms with Gasteiger partial charge in [-0.25, -0.2) is 0 Å². The number of nitrogens with zero attached hydrogens (tertiary/aromatic N) is 1. The van der Waals surface area contributed by atoms with E-state index in [-0.39, 0.29) is 0 Å². The van der Waals surface area contributed by atoms with Crippen LogP contribution >= 0.6 is 0 Å². The molecule has 0 aliphatic carbocycles. The van der Waals surface area contributed by atoms with Gasteiger partial charge in [0.25, 0.3) is 0 Å². The first-order valence-corrected chi connectivity index (χ1v) is 4.28. The van der Waals surface area contributed by atoms with Crippen molar-refractivity contribution in [3.8, 4) is 17.2 Å². The molecule has 0 atom stereocenters. The van der Waals surface area contributed by atoms with Crippen LogP contribution in [-0.2, 0) is 0 Å². The molecule has 64 valence electrons. The fourth-order valence-electron chi connectivity index (χ4n) is 1.26. The van der Waals surface area contributed by atoms with Gasteiger partial charge in [-0.05, 0) is 41.5 Å². The van der Waals surface area contributed by atoms with E-state index in [1.165, 1.54) is 0 Å². The minimum atomic E-state index is 0.681. The summed E-state index contributed by atoms with van der Waals surface area (Å²) in [5, 5.41) is 8.64. The summed E-state index contributed by atoms with van der Waals surface area (Å²) in [6.07, 6.45) is 0. The van der Waals surface area contributed by atoms with Gasteiger partial charge in [0.1, 0.15) is 0 Å². The molecule has 0 unspecified atom stereocenters. The molecule has 14 heavy (non-hydrogen) atoms. The van der Waals surface area contributed by atoms with Crippen LogP contribution in [0.25, 0.3) is 11.1 Å². The third-order valence-corrected chi connectivity index (χ3v) is 2.00. The van der Waals surface area contributed by atoms with Crippen LogP contribution in [-0.4, -0.2) is 0 Å². The normalized spacial score (nSPS) is 9.36. The maximum absolute atomic E-state index is 8.64. The summed E-state index contributed by atoms with van der Waals surface area (Å²) in [5.41, 5.74) is 2.86. The maximum atomic E-state index is 8.64. The van der Waals surface area contributed by atoms with Gasteiger partial charge in [-0.3, -0.25) is 0 Å². The number of rotatable bonds is 1. The van der Waals surface area contributed by atoms with Crippen LogP contribution in [0, 0.1) is 23.5 Å². The van der Waals surface area contributed by atoms with E-state index in [4.69, 9.17) is 5.26 Å². The predicted molar refractivity (Wildman–Crippen MR) is 54.3 cm³/mol. The van der Waals surface area contributed by atoms with E-state index in [1.54, 1.807) is 0 Å². The van der Waals surface area contributed by atoms with Crippen molar-refractivity contribution in [3.63, 3.8) is 0 Å². The summed E-state index contributed by atoms with van der Waals surface area (Å²) in [5.74, 6) is 0. The summed E-state index contributed by atoms with van der Waals surface area (Å²) in [6, 6.07) is 21.0. The molecule has 0 aliphatic rings. The van der Waals surface area contributed by atoms with Crippen molar-refractivity contribution in [2.24, 2.45) is 0 Å². The molecule has 0 aromatic heterocycles. The molecule has 0 saturated heterocycles. The Morgan fingerprint density at radius 3 is 2.29 bits per heavy atom. The Morgan fingerprint density at radius 2 is 1.71 bits per heavy atom. The zero-order chi connectivity index (χ0) is 9.80.